The number of hydrogen-bond donors (Lipinski definition) is 1. The topological polar surface area (TPSA) is 64.1 Å². The van der Waals surface area contributed by atoms with Gasteiger partial charge in [-0.1, -0.05) is 18.2 Å². The van der Waals surface area contributed by atoms with Gasteiger partial charge in [0, 0.05) is 11.6 Å². The van der Waals surface area contributed by atoms with Crippen LogP contribution in [0.15, 0.2) is 54.0 Å². The predicted octanol–water partition coefficient (Wildman–Crippen LogP) is 4.02. The van der Waals surface area contributed by atoms with E-state index in [2.05, 4.69) is 15.3 Å². The first-order valence-corrected chi connectivity index (χ1v) is 9.42. The molecule has 0 saturated heterocycles. The van der Waals surface area contributed by atoms with Gasteiger partial charge in [0.15, 0.2) is 0 Å². The van der Waals surface area contributed by atoms with Crippen LogP contribution in [0, 0.1) is 0 Å². The van der Waals surface area contributed by atoms with Gasteiger partial charge in [-0.25, -0.2) is 4.98 Å². The molecule has 1 amide bonds. The summed E-state index contributed by atoms with van der Waals surface area (Å²) in [5, 5.41) is 5.74. The Morgan fingerprint density at radius 3 is 2.81 bits per heavy atom. The van der Waals surface area contributed by atoms with Crippen LogP contribution in [-0.2, 0) is 11.2 Å². The molecule has 0 saturated carbocycles. The van der Waals surface area contributed by atoms with Crippen LogP contribution in [-0.4, -0.2) is 22.5 Å². The molecule has 1 atom stereocenters. The molecule has 1 N–H and O–H groups in total. The SMILES string of the molecule is CCOc1ccccc1-c1nc(CC(=O)NC(C)c2ccccn2)cs1. The monoisotopic (exact) mass is 367 g/mol. The Hall–Kier alpha value is -2.73. The van der Waals surface area contributed by atoms with Crippen LogP contribution in [0.2, 0.25) is 0 Å². The maximum absolute atomic E-state index is 12.3. The predicted molar refractivity (Wildman–Crippen MR) is 103 cm³/mol. The molecule has 134 valence electrons. The van der Waals surface area contributed by atoms with E-state index in [1.165, 1.54) is 11.3 Å². The lowest BCUT2D eigenvalue weighted by Gasteiger charge is -2.12. The zero-order chi connectivity index (χ0) is 18.4. The number of rotatable bonds is 7. The van der Waals surface area contributed by atoms with Gasteiger partial charge in [0.2, 0.25) is 5.91 Å². The van der Waals surface area contributed by atoms with Gasteiger partial charge >= 0.3 is 0 Å². The van der Waals surface area contributed by atoms with Crippen molar-refractivity contribution in [3.63, 3.8) is 0 Å². The Morgan fingerprint density at radius 1 is 1.23 bits per heavy atom. The third-order valence-corrected chi connectivity index (χ3v) is 4.74. The van der Waals surface area contributed by atoms with Gasteiger partial charge in [0.05, 0.1) is 36.0 Å². The molecule has 5 nitrogen and oxygen atoms in total. The Balaban J connectivity index is 1.66. The van der Waals surface area contributed by atoms with Crippen LogP contribution in [0.25, 0.3) is 10.6 Å². The summed E-state index contributed by atoms with van der Waals surface area (Å²) in [6, 6.07) is 13.3. The van der Waals surface area contributed by atoms with E-state index in [1.807, 2.05) is 61.7 Å². The van der Waals surface area contributed by atoms with E-state index in [1.54, 1.807) is 6.20 Å². The molecule has 0 spiro atoms. The van der Waals surface area contributed by atoms with Crippen molar-refractivity contribution in [3.05, 3.63) is 65.4 Å². The summed E-state index contributed by atoms with van der Waals surface area (Å²) in [6.45, 7) is 4.48. The third kappa shape index (κ3) is 4.46. The molecule has 3 rings (SSSR count). The van der Waals surface area contributed by atoms with Gasteiger partial charge in [-0.2, -0.15) is 0 Å². The van der Waals surface area contributed by atoms with Gasteiger partial charge in [-0.15, -0.1) is 11.3 Å². The molecule has 26 heavy (non-hydrogen) atoms. The van der Waals surface area contributed by atoms with Crippen molar-refractivity contribution in [2.75, 3.05) is 6.61 Å². The van der Waals surface area contributed by atoms with Crippen molar-refractivity contribution in [1.29, 1.82) is 0 Å². The molecule has 2 aromatic heterocycles. The maximum Gasteiger partial charge on any atom is 0.226 e. The van der Waals surface area contributed by atoms with Gasteiger partial charge in [-0.05, 0) is 38.1 Å². The highest BCUT2D eigenvalue weighted by atomic mass is 32.1. The first kappa shape index (κ1) is 18.1. The van der Waals surface area contributed by atoms with Crippen molar-refractivity contribution in [3.8, 4) is 16.3 Å². The van der Waals surface area contributed by atoms with Gasteiger partial charge in [0.1, 0.15) is 10.8 Å². The number of ether oxygens (including phenoxy) is 1. The number of carbonyl (C=O) groups excluding carboxylic acids is 1. The number of pyridine rings is 1. The van der Waals surface area contributed by atoms with E-state index in [0.717, 1.165) is 27.7 Å². The van der Waals surface area contributed by atoms with Crippen LogP contribution >= 0.6 is 11.3 Å². The summed E-state index contributed by atoms with van der Waals surface area (Å²) in [7, 11) is 0. The lowest BCUT2D eigenvalue weighted by molar-refractivity contribution is -0.121. The lowest BCUT2D eigenvalue weighted by Crippen LogP contribution is -2.28. The Labute approximate surface area is 157 Å². The zero-order valence-corrected chi connectivity index (χ0v) is 15.6. The van der Waals surface area contributed by atoms with Crippen molar-refractivity contribution in [1.82, 2.24) is 15.3 Å². The van der Waals surface area contributed by atoms with Crippen molar-refractivity contribution in [2.45, 2.75) is 26.3 Å². The molecule has 1 unspecified atom stereocenters. The first-order chi connectivity index (χ1) is 12.7. The fraction of sp³-hybridized carbons (Fsp3) is 0.250. The number of amides is 1. The Kier molecular flexibility index (Phi) is 5.96. The molecule has 6 heteroatoms. The van der Waals surface area contributed by atoms with Crippen LogP contribution in [0.5, 0.6) is 5.75 Å². The summed E-state index contributed by atoms with van der Waals surface area (Å²) < 4.78 is 5.66. The number of para-hydroxylation sites is 1. The summed E-state index contributed by atoms with van der Waals surface area (Å²) in [6.07, 6.45) is 1.96. The number of carbonyl (C=O) groups is 1. The fourth-order valence-corrected chi connectivity index (χ4v) is 3.45. The van der Waals surface area contributed by atoms with E-state index >= 15 is 0 Å². The third-order valence-electron chi connectivity index (χ3n) is 3.82. The summed E-state index contributed by atoms with van der Waals surface area (Å²) >= 11 is 1.52. The average molecular weight is 367 g/mol. The highest BCUT2D eigenvalue weighted by Gasteiger charge is 2.14. The molecular formula is C20H21N3O2S. The highest BCUT2D eigenvalue weighted by Crippen LogP contribution is 2.32. The summed E-state index contributed by atoms with van der Waals surface area (Å²) in [4.78, 5) is 21.2. The number of nitrogens with zero attached hydrogens (tertiary/aromatic N) is 2. The number of benzene rings is 1. The second-order valence-electron chi connectivity index (χ2n) is 5.79. The second kappa shape index (κ2) is 8.58. The highest BCUT2D eigenvalue weighted by molar-refractivity contribution is 7.13. The molecule has 0 radical (unpaired) electrons. The van der Waals surface area contributed by atoms with Gasteiger partial charge in [-0.3, -0.25) is 9.78 Å². The minimum absolute atomic E-state index is 0.0712. The molecule has 0 bridgehead atoms. The van der Waals surface area contributed by atoms with E-state index in [4.69, 9.17) is 4.74 Å². The summed E-state index contributed by atoms with van der Waals surface area (Å²) in [5.74, 6) is 0.738. The molecule has 2 heterocycles. The maximum atomic E-state index is 12.3. The number of hydrogen-bond acceptors (Lipinski definition) is 5. The quantitative estimate of drug-likeness (QED) is 0.685. The van der Waals surface area contributed by atoms with E-state index in [-0.39, 0.29) is 18.4 Å². The molecule has 0 aliphatic carbocycles. The van der Waals surface area contributed by atoms with E-state index in [0.29, 0.717) is 6.61 Å². The molecule has 0 aliphatic rings. The van der Waals surface area contributed by atoms with Crippen molar-refractivity contribution in [2.24, 2.45) is 0 Å². The largest absolute Gasteiger partial charge is 0.493 e. The summed E-state index contributed by atoms with van der Waals surface area (Å²) in [5.41, 5.74) is 2.54. The van der Waals surface area contributed by atoms with Crippen LogP contribution in [0.1, 0.15) is 31.3 Å². The standard InChI is InChI=1S/C20H21N3O2S/c1-3-25-18-10-5-4-8-16(18)20-23-15(13-26-20)12-19(24)22-14(2)17-9-6-7-11-21-17/h4-11,13-14H,3,12H2,1-2H3,(H,22,24). The van der Waals surface area contributed by atoms with Crippen LogP contribution < -0.4 is 10.1 Å². The van der Waals surface area contributed by atoms with Crippen molar-refractivity contribution < 1.29 is 9.53 Å². The number of aromatic nitrogens is 2. The number of thiazole rings is 1. The van der Waals surface area contributed by atoms with E-state index in [9.17, 15) is 4.79 Å². The minimum Gasteiger partial charge on any atom is -0.493 e. The fourth-order valence-electron chi connectivity index (χ4n) is 2.60. The zero-order valence-electron chi connectivity index (χ0n) is 14.8. The lowest BCUT2D eigenvalue weighted by atomic mass is 10.2. The normalized spacial score (nSPS) is 11.8. The Morgan fingerprint density at radius 2 is 2.04 bits per heavy atom. The van der Waals surface area contributed by atoms with Gasteiger partial charge in [0.25, 0.3) is 0 Å². The molecule has 0 fully saturated rings. The Bertz CT molecular complexity index is 864. The first-order valence-electron chi connectivity index (χ1n) is 8.54. The van der Waals surface area contributed by atoms with E-state index < -0.39 is 0 Å². The molecule has 0 aliphatic heterocycles. The molecular weight excluding hydrogens is 346 g/mol. The minimum atomic E-state index is -0.138. The molecule has 3 aromatic rings. The van der Waals surface area contributed by atoms with Crippen molar-refractivity contribution >= 4 is 17.2 Å². The number of nitrogens with one attached hydrogen (secondary N) is 1. The molecule has 1 aromatic carbocycles. The second-order valence-corrected chi connectivity index (χ2v) is 6.65. The van der Waals surface area contributed by atoms with Crippen LogP contribution in [0.3, 0.4) is 0 Å². The smallest absolute Gasteiger partial charge is 0.226 e. The van der Waals surface area contributed by atoms with Crippen LogP contribution in [0.4, 0.5) is 0 Å². The average Bonchev–Trinajstić information content (AvgIpc) is 3.11. The van der Waals surface area contributed by atoms with Gasteiger partial charge < -0.3 is 10.1 Å².